The van der Waals surface area contributed by atoms with E-state index in [2.05, 4.69) is 10.2 Å². The van der Waals surface area contributed by atoms with Gasteiger partial charge in [0.1, 0.15) is 5.82 Å². The molecular formula is C15H10ClF2N3. The van der Waals surface area contributed by atoms with Crippen molar-refractivity contribution in [3.05, 3.63) is 59.1 Å². The summed E-state index contributed by atoms with van der Waals surface area (Å²) in [6.45, 7) is 0. The second kappa shape index (κ2) is 5.18. The number of nitrogen functional groups attached to an aromatic ring is 1. The molecule has 0 unspecified atom stereocenters. The van der Waals surface area contributed by atoms with E-state index < -0.39 is 5.82 Å². The fraction of sp³-hybridized carbons (Fsp3) is 0. The molecule has 1 heterocycles. The molecule has 0 fully saturated rings. The first-order valence-electron chi connectivity index (χ1n) is 6.12. The van der Waals surface area contributed by atoms with Crippen molar-refractivity contribution in [3.8, 4) is 22.4 Å². The van der Waals surface area contributed by atoms with Gasteiger partial charge in [-0.15, -0.1) is 0 Å². The van der Waals surface area contributed by atoms with Gasteiger partial charge in [-0.05, 0) is 29.8 Å². The van der Waals surface area contributed by atoms with E-state index in [0.717, 1.165) is 0 Å². The van der Waals surface area contributed by atoms with Crippen LogP contribution in [0.25, 0.3) is 22.4 Å². The Kier molecular flexibility index (Phi) is 3.35. The standard InChI is InChI=1S/C15H10ClF2N3/c16-11-3-1-2-10(13(11)18)14-12(15(19)21-20-14)8-4-6-9(17)7-5-8/h1-7H,(H3,19,20,21). The molecule has 0 radical (unpaired) electrons. The Morgan fingerprint density at radius 1 is 1.05 bits per heavy atom. The second-order valence-corrected chi connectivity index (χ2v) is 4.87. The summed E-state index contributed by atoms with van der Waals surface area (Å²) in [7, 11) is 0. The number of rotatable bonds is 2. The third-order valence-corrected chi connectivity index (χ3v) is 3.44. The zero-order chi connectivity index (χ0) is 15.0. The van der Waals surface area contributed by atoms with Crippen molar-refractivity contribution in [1.82, 2.24) is 10.2 Å². The molecule has 3 aromatic rings. The van der Waals surface area contributed by atoms with Crippen LogP contribution in [-0.4, -0.2) is 10.2 Å². The Labute approximate surface area is 124 Å². The van der Waals surface area contributed by atoms with Gasteiger partial charge in [-0.3, -0.25) is 5.10 Å². The van der Waals surface area contributed by atoms with E-state index >= 15 is 0 Å². The van der Waals surface area contributed by atoms with Crippen molar-refractivity contribution in [2.24, 2.45) is 0 Å². The summed E-state index contributed by atoms with van der Waals surface area (Å²) in [5.74, 6) is -0.724. The molecule has 6 heteroatoms. The summed E-state index contributed by atoms with van der Waals surface area (Å²) in [6.07, 6.45) is 0. The van der Waals surface area contributed by atoms with Crippen LogP contribution in [-0.2, 0) is 0 Å². The lowest BCUT2D eigenvalue weighted by Crippen LogP contribution is -1.91. The maximum atomic E-state index is 14.2. The summed E-state index contributed by atoms with van der Waals surface area (Å²) >= 11 is 5.80. The van der Waals surface area contributed by atoms with E-state index in [1.807, 2.05) is 0 Å². The molecule has 0 bridgehead atoms. The summed E-state index contributed by atoms with van der Waals surface area (Å²) in [5, 5.41) is 6.62. The van der Waals surface area contributed by atoms with Crippen molar-refractivity contribution in [1.29, 1.82) is 0 Å². The van der Waals surface area contributed by atoms with Gasteiger partial charge in [0.05, 0.1) is 16.3 Å². The SMILES string of the molecule is Nc1n[nH]c(-c2cccc(Cl)c2F)c1-c1ccc(F)cc1. The smallest absolute Gasteiger partial charge is 0.153 e. The quantitative estimate of drug-likeness (QED) is 0.743. The monoisotopic (exact) mass is 305 g/mol. The Morgan fingerprint density at radius 2 is 1.76 bits per heavy atom. The predicted octanol–water partition coefficient (Wildman–Crippen LogP) is 4.26. The topological polar surface area (TPSA) is 54.7 Å². The third-order valence-electron chi connectivity index (χ3n) is 3.15. The van der Waals surface area contributed by atoms with E-state index in [1.165, 1.54) is 18.2 Å². The number of benzene rings is 2. The van der Waals surface area contributed by atoms with Gasteiger partial charge in [-0.25, -0.2) is 8.78 Å². The fourth-order valence-corrected chi connectivity index (χ4v) is 2.33. The van der Waals surface area contributed by atoms with Gasteiger partial charge < -0.3 is 5.73 Å². The van der Waals surface area contributed by atoms with Crippen molar-refractivity contribution >= 4 is 17.4 Å². The lowest BCUT2D eigenvalue weighted by Gasteiger charge is -2.07. The van der Waals surface area contributed by atoms with Crippen molar-refractivity contribution in [2.45, 2.75) is 0 Å². The van der Waals surface area contributed by atoms with Gasteiger partial charge in [0.2, 0.25) is 0 Å². The summed E-state index contributed by atoms with van der Waals surface area (Å²) in [4.78, 5) is 0. The summed E-state index contributed by atoms with van der Waals surface area (Å²) < 4.78 is 27.2. The first-order chi connectivity index (χ1) is 10.1. The molecule has 0 aliphatic carbocycles. The number of nitrogens with zero attached hydrogens (tertiary/aromatic N) is 1. The summed E-state index contributed by atoms with van der Waals surface area (Å²) in [6, 6.07) is 10.4. The molecule has 106 valence electrons. The predicted molar refractivity (Wildman–Crippen MR) is 78.8 cm³/mol. The second-order valence-electron chi connectivity index (χ2n) is 4.47. The molecule has 21 heavy (non-hydrogen) atoms. The normalized spacial score (nSPS) is 10.8. The Hall–Kier alpha value is -2.40. The average Bonchev–Trinajstić information content (AvgIpc) is 2.85. The van der Waals surface area contributed by atoms with E-state index in [4.69, 9.17) is 17.3 Å². The molecule has 3 rings (SSSR count). The Balaban J connectivity index is 2.22. The number of anilines is 1. The van der Waals surface area contributed by atoms with Gasteiger partial charge in [-0.1, -0.05) is 29.8 Å². The fourth-order valence-electron chi connectivity index (χ4n) is 2.16. The van der Waals surface area contributed by atoms with Crippen LogP contribution in [0.15, 0.2) is 42.5 Å². The Morgan fingerprint density at radius 3 is 2.48 bits per heavy atom. The van der Waals surface area contributed by atoms with Crippen LogP contribution in [0.2, 0.25) is 5.02 Å². The van der Waals surface area contributed by atoms with Crippen LogP contribution in [0.5, 0.6) is 0 Å². The zero-order valence-electron chi connectivity index (χ0n) is 10.7. The molecule has 3 N–H and O–H groups in total. The highest BCUT2D eigenvalue weighted by atomic mass is 35.5. The first kappa shape index (κ1) is 13.6. The first-order valence-corrected chi connectivity index (χ1v) is 6.50. The maximum absolute atomic E-state index is 14.2. The molecule has 2 aromatic carbocycles. The number of halogens is 3. The molecule has 0 spiro atoms. The van der Waals surface area contributed by atoms with Crippen molar-refractivity contribution in [2.75, 3.05) is 5.73 Å². The molecule has 0 saturated carbocycles. The number of aromatic amines is 1. The third kappa shape index (κ3) is 2.36. The number of H-pyrrole nitrogens is 1. The van der Waals surface area contributed by atoms with Crippen LogP contribution in [0, 0.1) is 11.6 Å². The van der Waals surface area contributed by atoms with Crippen molar-refractivity contribution < 1.29 is 8.78 Å². The minimum absolute atomic E-state index is 0.00530. The van der Waals surface area contributed by atoms with E-state index in [9.17, 15) is 8.78 Å². The lowest BCUT2D eigenvalue weighted by molar-refractivity contribution is 0.628. The minimum Gasteiger partial charge on any atom is -0.382 e. The van der Waals surface area contributed by atoms with Gasteiger partial charge in [0, 0.05) is 5.56 Å². The van der Waals surface area contributed by atoms with E-state index in [1.54, 1.807) is 24.3 Å². The molecule has 1 aromatic heterocycles. The number of hydrogen-bond donors (Lipinski definition) is 2. The molecule has 0 amide bonds. The van der Waals surface area contributed by atoms with Crippen molar-refractivity contribution in [3.63, 3.8) is 0 Å². The largest absolute Gasteiger partial charge is 0.382 e. The molecular weight excluding hydrogens is 296 g/mol. The van der Waals surface area contributed by atoms with Gasteiger partial charge >= 0.3 is 0 Å². The van der Waals surface area contributed by atoms with Crippen LogP contribution >= 0.6 is 11.6 Å². The molecule has 0 atom stereocenters. The molecule has 0 aliphatic heterocycles. The number of hydrogen-bond acceptors (Lipinski definition) is 2. The lowest BCUT2D eigenvalue weighted by atomic mass is 10.0. The highest BCUT2D eigenvalue weighted by Gasteiger charge is 2.18. The van der Waals surface area contributed by atoms with Crippen LogP contribution in [0.4, 0.5) is 14.6 Å². The summed E-state index contributed by atoms with van der Waals surface area (Å²) in [5.41, 5.74) is 7.65. The van der Waals surface area contributed by atoms with Crippen LogP contribution < -0.4 is 5.73 Å². The Bertz CT molecular complexity index is 797. The minimum atomic E-state index is -0.564. The van der Waals surface area contributed by atoms with E-state index in [-0.39, 0.29) is 22.2 Å². The number of nitrogens with one attached hydrogen (secondary N) is 1. The zero-order valence-corrected chi connectivity index (χ0v) is 11.5. The molecule has 3 nitrogen and oxygen atoms in total. The molecule has 0 aliphatic rings. The van der Waals surface area contributed by atoms with Crippen LogP contribution in [0.3, 0.4) is 0 Å². The van der Waals surface area contributed by atoms with Gasteiger partial charge in [0.25, 0.3) is 0 Å². The number of nitrogens with two attached hydrogens (primary N) is 1. The van der Waals surface area contributed by atoms with Gasteiger partial charge in [0.15, 0.2) is 11.6 Å². The maximum Gasteiger partial charge on any atom is 0.153 e. The number of aromatic nitrogens is 2. The van der Waals surface area contributed by atoms with Crippen LogP contribution in [0.1, 0.15) is 0 Å². The average molecular weight is 306 g/mol. The highest BCUT2D eigenvalue weighted by Crippen LogP contribution is 2.37. The van der Waals surface area contributed by atoms with E-state index in [0.29, 0.717) is 16.8 Å². The highest BCUT2D eigenvalue weighted by molar-refractivity contribution is 6.31. The van der Waals surface area contributed by atoms with Gasteiger partial charge in [-0.2, -0.15) is 5.10 Å². The molecule has 0 saturated heterocycles.